The van der Waals surface area contributed by atoms with Crippen molar-refractivity contribution < 1.29 is 5.11 Å². The number of aliphatic hydroxyl groups excluding tert-OH is 1. The molecular weight excluding hydrogens is 387 g/mol. The number of aliphatic hydroxyl groups is 1. The van der Waals surface area contributed by atoms with Crippen LogP contribution in [0.25, 0.3) is 22.2 Å². The van der Waals surface area contributed by atoms with Crippen LogP contribution in [0.2, 0.25) is 10.0 Å². The summed E-state index contributed by atoms with van der Waals surface area (Å²) < 4.78 is 0. The van der Waals surface area contributed by atoms with Crippen molar-refractivity contribution in [3.05, 3.63) is 40.5 Å². The van der Waals surface area contributed by atoms with E-state index >= 15 is 0 Å². The normalized spacial score (nSPS) is 19.8. The number of aromatic nitrogens is 3. The van der Waals surface area contributed by atoms with E-state index in [1.165, 1.54) is 0 Å². The molecule has 140 valence electrons. The number of fused-ring (bicyclic) bond motifs is 1. The summed E-state index contributed by atoms with van der Waals surface area (Å²) in [5.74, 6) is 0.797. The van der Waals surface area contributed by atoms with Crippen molar-refractivity contribution in [3.63, 3.8) is 0 Å². The van der Waals surface area contributed by atoms with Gasteiger partial charge in [-0.1, -0.05) is 29.3 Å². The smallest absolute Gasteiger partial charge is 0.222 e. The maximum absolute atomic E-state index is 9.62. The molecule has 1 aromatic carbocycles. The molecule has 4 rings (SSSR count). The Balaban J connectivity index is 1.95. The van der Waals surface area contributed by atoms with E-state index in [4.69, 9.17) is 39.7 Å². The van der Waals surface area contributed by atoms with Gasteiger partial charge in [-0.05, 0) is 24.6 Å². The second kappa shape index (κ2) is 6.76. The van der Waals surface area contributed by atoms with Crippen LogP contribution >= 0.6 is 23.2 Å². The van der Waals surface area contributed by atoms with Gasteiger partial charge in [-0.25, -0.2) is 9.97 Å². The first-order chi connectivity index (χ1) is 12.9. The number of benzene rings is 1. The Labute approximate surface area is 165 Å². The Morgan fingerprint density at radius 2 is 1.96 bits per heavy atom. The number of hydrogen-bond donors (Lipinski definition) is 3. The Morgan fingerprint density at radius 3 is 2.63 bits per heavy atom. The fraction of sp³-hybridized carbons (Fsp3) is 0.278. The van der Waals surface area contributed by atoms with Crippen LogP contribution in [0.1, 0.15) is 6.42 Å². The van der Waals surface area contributed by atoms with Crippen LogP contribution in [-0.2, 0) is 0 Å². The summed E-state index contributed by atoms with van der Waals surface area (Å²) in [7, 11) is 0. The zero-order valence-electron chi connectivity index (χ0n) is 14.4. The number of rotatable bonds is 3. The highest BCUT2D eigenvalue weighted by atomic mass is 35.5. The monoisotopic (exact) mass is 404 g/mol. The summed E-state index contributed by atoms with van der Waals surface area (Å²) in [6, 6.07) is 7.25. The molecule has 1 aliphatic rings. The summed E-state index contributed by atoms with van der Waals surface area (Å²) in [6.07, 6.45) is 2.26. The molecule has 1 aliphatic heterocycles. The lowest BCUT2D eigenvalue weighted by Crippen LogP contribution is -2.46. The molecule has 0 saturated carbocycles. The van der Waals surface area contributed by atoms with E-state index in [-0.39, 0.29) is 12.6 Å². The highest BCUT2D eigenvalue weighted by molar-refractivity contribution is 6.39. The third kappa shape index (κ3) is 3.27. The van der Waals surface area contributed by atoms with Crippen molar-refractivity contribution in [2.75, 3.05) is 30.3 Å². The summed E-state index contributed by atoms with van der Waals surface area (Å²) in [5.41, 5.74) is 13.2. The zero-order valence-corrected chi connectivity index (χ0v) is 15.9. The first-order valence-corrected chi connectivity index (χ1v) is 9.18. The van der Waals surface area contributed by atoms with E-state index in [0.717, 1.165) is 10.9 Å². The van der Waals surface area contributed by atoms with E-state index in [1.807, 2.05) is 11.0 Å². The first kappa shape index (κ1) is 18.2. The molecule has 0 aliphatic carbocycles. The van der Waals surface area contributed by atoms with Crippen LogP contribution in [0.15, 0.2) is 30.5 Å². The van der Waals surface area contributed by atoms with Crippen molar-refractivity contribution in [3.8, 4) is 11.1 Å². The molecule has 3 heterocycles. The molecule has 9 heteroatoms. The molecule has 7 nitrogen and oxygen atoms in total. The van der Waals surface area contributed by atoms with Crippen molar-refractivity contribution in [2.24, 2.45) is 5.73 Å². The molecule has 1 atom stereocenters. The Hall–Kier alpha value is -2.19. The van der Waals surface area contributed by atoms with Crippen molar-refractivity contribution in [1.82, 2.24) is 15.0 Å². The first-order valence-electron chi connectivity index (χ1n) is 8.42. The number of pyridine rings is 1. The molecule has 2 aromatic heterocycles. The van der Waals surface area contributed by atoms with Crippen LogP contribution in [0.5, 0.6) is 0 Å². The van der Waals surface area contributed by atoms with Gasteiger partial charge < -0.3 is 21.5 Å². The summed E-state index contributed by atoms with van der Waals surface area (Å²) in [6.45, 7) is 0.997. The van der Waals surface area contributed by atoms with Gasteiger partial charge in [0.25, 0.3) is 0 Å². The molecule has 1 fully saturated rings. The Kier molecular flexibility index (Phi) is 4.55. The second-order valence-electron chi connectivity index (χ2n) is 6.79. The number of anilines is 2. The van der Waals surface area contributed by atoms with E-state index in [9.17, 15) is 5.11 Å². The number of halogens is 2. The van der Waals surface area contributed by atoms with Gasteiger partial charge in [0, 0.05) is 35.8 Å². The van der Waals surface area contributed by atoms with Crippen molar-refractivity contribution in [2.45, 2.75) is 12.0 Å². The third-order valence-electron chi connectivity index (χ3n) is 4.80. The third-order valence-corrected chi connectivity index (χ3v) is 5.43. The molecule has 0 spiro atoms. The molecule has 0 amide bonds. The van der Waals surface area contributed by atoms with Crippen LogP contribution in [0.4, 0.5) is 11.8 Å². The molecule has 5 N–H and O–H groups in total. The summed E-state index contributed by atoms with van der Waals surface area (Å²) in [4.78, 5) is 15.0. The van der Waals surface area contributed by atoms with Gasteiger partial charge in [-0.3, -0.25) is 0 Å². The number of nitrogens with zero attached hydrogens (tertiary/aromatic N) is 4. The average Bonchev–Trinajstić information content (AvgIpc) is 3.04. The minimum absolute atomic E-state index is 0.103. The molecule has 0 bridgehead atoms. The zero-order chi connectivity index (χ0) is 19.2. The van der Waals surface area contributed by atoms with E-state index in [1.54, 1.807) is 24.4 Å². The lowest BCUT2D eigenvalue weighted by molar-refractivity contribution is 0.210. The number of hydrogen-bond acceptors (Lipinski definition) is 7. The molecule has 27 heavy (non-hydrogen) atoms. The SMILES string of the molecule is Nc1ncc2cc(-c3c(Cl)cccc3Cl)c(N3CCC(N)(CO)C3)nc2n1. The van der Waals surface area contributed by atoms with Gasteiger partial charge in [0.15, 0.2) is 5.65 Å². The molecule has 1 unspecified atom stereocenters. The molecular formula is C18H18Cl2N6O. The quantitative estimate of drug-likeness (QED) is 0.613. The van der Waals surface area contributed by atoms with E-state index < -0.39 is 5.54 Å². The minimum Gasteiger partial charge on any atom is -0.394 e. The fourth-order valence-corrected chi connectivity index (χ4v) is 3.95. The fourth-order valence-electron chi connectivity index (χ4n) is 3.35. The minimum atomic E-state index is -0.678. The maximum atomic E-state index is 9.62. The van der Waals surface area contributed by atoms with E-state index in [2.05, 4.69) is 9.97 Å². The number of nitrogen functional groups attached to an aromatic ring is 1. The highest BCUT2D eigenvalue weighted by Gasteiger charge is 2.36. The van der Waals surface area contributed by atoms with E-state index in [0.29, 0.717) is 46.6 Å². The predicted octanol–water partition coefficient (Wildman–Crippen LogP) is 2.48. The topological polar surface area (TPSA) is 114 Å². The van der Waals surface area contributed by atoms with Crippen molar-refractivity contribution >= 4 is 46.0 Å². The van der Waals surface area contributed by atoms with Gasteiger partial charge in [0.2, 0.25) is 5.95 Å². The van der Waals surface area contributed by atoms with Crippen LogP contribution in [0, 0.1) is 0 Å². The standard InChI is InChI=1S/C18H18Cl2N6O/c19-12-2-1-3-13(20)14(12)11-6-10-7-23-17(21)25-15(10)24-16(11)26-5-4-18(22,8-26)9-27/h1-3,6-7,27H,4-5,8-9,22H2,(H2,21,23,24,25). The highest BCUT2D eigenvalue weighted by Crippen LogP contribution is 2.41. The predicted molar refractivity (Wildman–Crippen MR) is 108 cm³/mol. The van der Waals surface area contributed by atoms with Gasteiger partial charge in [-0.15, -0.1) is 0 Å². The number of nitrogens with two attached hydrogens (primary N) is 2. The molecule has 1 saturated heterocycles. The summed E-state index contributed by atoms with van der Waals surface area (Å²) in [5, 5.41) is 11.4. The summed E-state index contributed by atoms with van der Waals surface area (Å²) >= 11 is 12.9. The van der Waals surface area contributed by atoms with Gasteiger partial charge in [0.1, 0.15) is 5.82 Å². The maximum Gasteiger partial charge on any atom is 0.222 e. The second-order valence-corrected chi connectivity index (χ2v) is 7.60. The molecule has 0 radical (unpaired) electrons. The van der Waals surface area contributed by atoms with Gasteiger partial charge >= 0.3 is 0 Å². The van der Waals surface area contributed by atoms with Gasteiger partial charge in [0.05, 0.1) is 22.2 Å². The van der Waals surface area contributed by atoms with Gasteiger partial charge in [-0.2, -0.15) is 4.98 Å². The molecule has 3 aromatic rings. The van der Waals surface area contributed by atoms with Crippen molar-refractivity contribution in [1.29, 1.82) is 0 Å². The van der Waals surface area contributed by atoms with Crippen LogP contribution in [-0.4, -0.2) is 45.3 Å². The lowest BCUT2D eigenvalue weighted by atomic mass is 10.0. The van der Waals surface area contributed by atoms with Crippen LogP contribution < -0.4 is 16.4 Å². The van der Waals surface area contributed by atoms with Crippen LogP contribution in [0.3, 0.4) is 0 Å². The average molecular weight is 405 g/mol. The Bertz CT molecular complexity index is 1010. The largest absolute Gasteiger partial charge is 0.394 e. The Morgan fingerprint density at radius 1 is 1.22 bits per heavy atom. The lowest BCUT2D eigenvalue weighted by Gasteiger charge is -2.25.